The molecule has 4 N–H and O–H groups in total. The number of imidazole rings is 1. The lowest BCUT2D eigenvalue weighted by Crippen LogP contribution is -2.13. The van der Waals surface area contributed by atoms with Crippen LogP contribution in [0.3, 0.4) is 0 Å². The van der Waals surface area contributed by atoms with Crippen LogP contribution in [-0.4, -0.2) is 9.38 Å². The number of nitrogen functional groups attached to an aromatic ring is 2. The maximum absolute atomic E-state index is 13.1. The number of hydrogen-bond acceptors (Lipinski definition) is 4. The van der Waals surface area contributed by atoms with Crippen LogP contribution in [0, 0.1) is 0 Å². The van der Waals surface area contributed by atoms with Crippen molar-refractivity contribution in [3.8, 4) is 0 Å². The smallest absolute Gasteiger partial charge is 0.264 e. The van der Waals surface area contributed by atoms with Gasteiger partial charge in [0.2, 0.25) is 0 Å². The third kappa shape index (κ3) is 1.54. The maximum Gasteiger partial charge on any atom is 0.264 e. The van der Waals surface area contributed by atoms with E-state index in [2.05, 4.69) is 4.98 Å². The summed E-state index contributed by atoms with van der Waals surface area (Å²) in [7, 11) is 0. The fourth-order valence-corrected chi connectivity index (χ4v) is 3.70. The first-order valence-electron chi connectivity index (χ1n) is 7.39. The lowest BCUT2D eigenvalue weighted by Gasteiger charge is -2.08. The van der Waals surface area contributed by atoms with Crippen LogP contribution in [0.25, 0.3) is 38.2 Å². The molecule has 6 heteroatoms. The highest BCUT2D eigenvalue weighted by atomic mass is 35.5. The van der Waals surface area contributed by atoms with Crippen molar-refractivity contribution in [1.82, 2.24) is 9.38 Å². The second-order valence-corrected chi connectivity index (χ2v) is 6.35. The van der Waals surface area contributed by atoms with Crippen molar-refractivity contribution in [2.24, 2.45) is 0 Å². The Kier molecular flexibility index (Phi) is 2.38. The van der Waals surface area contributed by atoms with Crippen molar-refractivity contribution < 1.29 is 0 Å². The van der Waals surface area contributed by atoms with Crippen molar-refractivity contribution >= 4 is 61.2 Å². The van der Waals surface area contributed by atoms with Crippen LogP contribution in [-0.2, 0) is 0 Å². The van der Waals surface area contributed by atoms with E-state index in [0.717, 1.165) is 16.2 Å². The molecule has 0 aliphatic carbocycles. The zero-order valence-electron chi connectivity index (χ0n) is 12.4. The Morgan fingerprint density at radius 3 is 2.71 bits per heavy atom. The second-order valence-electron chi connectivity index (χ2n) is 5.91. The van der Waals surface area contributed by atoms with Gasteiger partial charge in [-0.25, -0.2) is 4.98 Å². The first-order chi connectivity index (χ1) is 11.5. The molecule has 0 amide bonds. The van der Waals surface area contributed by atoms with E-state index in [1.165, 1.54) is 0 Å². The normalized spacial score (nSPS) is 12.0. The van der Waals surface area contributed by atoms with Gasteiger partial charge in [-0.05, 0) is 35.7 Å². The molecule has 5 nitrogen and oxygen atoms in total. The first kappa shape index (κ1) is 13.4. The molecule has 0 unspecified atom stereocenters. The van der Waals surface area contributed by atoms with Gasteiger partial charge in [0.1, 0.15) is 11.2 Å². The van der Waals surface area contributed by atoms with Gasteiger partial charge in [-0.3, -0.25) is 9.20 Å². The van der Waals surface area contributed by atoms with Crippen molar-refractivity contribution in [1.29, 1.82) is 0 Å². The predicted octanol–water partition coefficient (Wildman–Crippen LogP) is 3.41. The molecular formula is C18H11ClN4O. The molecule has 0 bridgehead atoms. The van der Waals surface area contributed by atoms with Crippen molar-refractivity contribution in [3.63, 3.8) is 0 Å². The van der Waals surface area contributed by atoms with Gasteiger partial charge in [0.05, 0.1) is 11.2 Å². The summed E-state index contributed by atoms with van der Waals surface area (Å²) < 4.78 is 1.56. The number of nitrogens with two attached hydrogens (primary N) is 2. The Hall–Kier alpha value is -3.05. The topological polar surface area (TPSA) is 86.4 Å². The minimum Gasteiger partial charge on any atom is -0.399 e. The van der Waals surface area contributed by atoms with Crippen LogP contribution < -0.4 is 17.0 Å². The van der Waals surface area contributed by atoms with E-state index in [1.807, 2.05) is 30.3 Å². The fourth-order valence-electron chi connectivity index (χ4n) is 3.48. The van der Waals surface area contributed by atoms with E-state index >= 15 is 0 Å². The van der Waals surface area contributed by atoms with Gasteiger partial charge < -0.3 is 11.5 Å². The van der Waals surface area contributed by atoms with Gasteiger partial charge in [0.25, 0.3) is 5.56 Å². The average Bonchev–Trinajstić information content (AvgIpc) is 2.92. The molecule has 116 valence electrons. The predicted molar refractivity (Wildman–Crippen MR) is 99.0 cm³/mol. The molecule has 24 heavy (non-hydrogen) atoms. The van der Waals surface area contributed by atoms with E-state index in [0.29, 0.717) is 38.5 Å². The number of hydrogen-bond donors (Lipinski definition) is 2. The molecule has 0 spiro atoms. The van der Waals surface area contributed by atoms with Crippen LogP contribution >= 0.6 is 11.6 Å². The van der Waals surface area contributed by atoms with Crippen molar-refractivity contribution in [2.75, 3.05) is 11.5 Å². The van der Waals surface area contributed by atoms with Gasteiger partial charge in [-0.15, -0.1) is 0 Å². The summed E-state index contributed by atoms with van der Waals surface area (Å²) in [6.07, 6.45) is 0. The summed E-state index contributed by atoms with van der Waals surface area (Å²) >= 11 is 6.12. The van der Waals surface area contributed by atoms with Gasteiger partial charge in [-0.2, -0.15) is 0 Å². The SMILES string of the molecule is Nc1cc2cccc3c(=O)n4c5cc(Cl)cc(N)c5nc4c(c1)c23. The molecule has 0 radical (unpaired) electrons. The van der Waals surface area contributed by atoms with Crippen molar-refractivity contribution in [3.05, 3.63) is 57.8 Å². The number of fused-ring (bicyclic) bond motifs is 4. The number of nitrogens with zero attached hydrogens (tertiary/aromatic N) is 2. The van der Waals surface area contributed by atoms with Crippen LogP contribution in [0.4, 0.5) is 11.4 Å². The zero-order chi connectivity index (χ0) is 16.6. The molecule has 0 atom stereocenters. The average molecular weight is 335 g/mol. The molecule has 0 saturated heterocycles. The Morgan fingerprint density at radius 2 is 1.88 bits per heavy atom. The standard InChI is InChI=1S/C18H11ClN4O/c19-9-5-13(21)16-14(6-9)23-17(22-16)12-7-10(20)4-8-2-1-3-11(15(8)12)18(23)24/h1-7H,20-21H2. The Bertz CT molecular complexity index is 1360. The Labute approximate surface area is 140 Å². The Balaban J connectivity index is 2.22. The van der Waals surface area contributed by atoms with E-state index < -0.39 is 0 Å². The van der Waals surface area contributed by atoms with E-state index in [9.17, 15) is 4.79 Å². The number of pyridine rings is 1. The second kappa shape index (κ2) is 4.27. The van der Waals surface area contributed by atoms with Crippen LogP contribution in [0.5, 0.6) is 0 Å². The first-order valence-corrected chi connectivity index (χ1v) is 7.77. The lowest BCUT2D eigenvalue weighted by molar-refractivity contribution is 1.19. The third-order valence-corrected chi connectivity index (χ3v) is 4.65. The van der Waals surface area contributed by atoms with Crippen molar-refractivity contribution in [2.45, 2.75) is 0 Å². The molecule has 0 aliphatic rings. The molecule has 0 saturated carbocycles. The number of halogens is 1. The quantitative estimate of drug-likeness (QED) is 0.425. The molecule has 2 heterocycles. The summed E-state index contributed by atoms with van der Waals surface area (Å²) in [6, 6.07) is 12.6. The third-order valence-electron chi connectivity index (χ3n) is 4.43. The molecule has 2 aromatic heterocycles. The number of aromatic nitrogens is 2. The molecular weight excluding hydrogens is 324 g/mol. The van der Waals surface area contributed by atoms with E-state index in [4.69, 9.17) is 23.1 Å². The fraction of sp³-hybridized carbons (Fsp3) is 0. The molecule has 5 rings (SSSR count). The van der Waals surface area contributed by atoms with E-state index in [-0.39, 0.29) is 5.56 Å². The lowest BCUT2D eigenvalue weighted by atomic mass is 10.0. The molecule has 0 fully saturated rings. The molecule has 0 aliphatic heterocycles. The van der Waals surface area contributed by atoms with Crippen LogP contribution in [0.2, 0.25) is 5.02 Å². The van der Waals surface area contributed by atoms with Gasteiger partial charge in [0.15, 0.2) is 0 Å². The van der Waals surface area contributed by atoms with Gasteiger partial charge in [0, 0.05) is 26.9 Å². The highest BCUT2D eigenvalue weighted by Crippen LogP contribution is 2.33. The van der Waals surface area contributed by atoms with Crippen LogP contribution in [0.15, 0.2) is 47.3 Å². The minimum absolute atomic E-state index is 0.142. The summed E-state index contributed by atoms with van der Waals surface area (Å²) in [4.78, 5) is 17.7. The number of anilines is 2. The number of benzene rings is 3. The van der Waals surface area contributed by atoms with E-state index in [1.54, 1.807) is 16.5 Å². The van der Waals surface area contributed by atoms with Gasteiger partial charge >= 0.3 is 0 Å². The minimum atomic E-state index is -0.142. The van der Waals surface area contributed by atoms with Crippen LogP contribution in [0.1, 0.15) is 0 Å². The largest absolute Gasteiger partial charge is 0.399 e. The van der Waals surface area contributed by atoms with Gasteiger partial charge in [-0.1, -0.05) is 23.7 Å². The summed E-state index contributed by atoms with van der Waals surface area (Å²) in [5.74, 6) is 0. The zero-order valence-corrected chi connectivity index (χ0v) is 13.1. The molecule has 5 aromatic rings. The highest BCUT2D eigenvalue weighted by Gasteiger charge is 2.17. The Morgan fingerprint density at radius 1 is 1.04 bits per heavy atom. The summed E-state index contributed by atoms with van der Waals surface area (Å²) in [6.45, 7) is 0. The number of rotatable bonds is 0. The monoisotopic (exact) mass is 334 g/mol. The maximum atomic E-state index is 13.1. The molecule has 3 aromatic carbocycles. The highest BCUT2D eigenvalue weighted by molar-refractivity contribution is 6.32. The summed E-state index contributed by atoms with van der Waals surface area (Å²) in [5, 5.41) is 3.69. The summed E-state index contributed by atoms with van der Waals surface area (Å²) in [5.41, 5.74) is 14.7.